The predicted molar refractivity (Wildman–Crippen MR) is 92.5 cm³/mol. The minimum atomic E-state index is -0.397. The van der Waals surface area contributed by atoms with Crippen LogP contribution in [0, 0.1) is 5.82 Å². The molecule has 0 amide bonds. The zero-order valence-electron chi connectivity index (χ0n) is 13.5. The van der Waals surface area contributed by atoms with Gasteiger partial charge in [0.1, 0.15) is 17.4 Å². The molecule has 7 heteroatoms. The summed E-state index contributed by atoms with van der Waals surface area (Å²) in [5, 5.41) is 3.66. The molecule has 0 fully saturated rings. The minimum Gasteiger partial charge on any atom is -0.493 e. The van der Waals surface area contributed by atoms with E-state index in [1.165, 1.54) is 6.07 Å². The second-order valence-electron chi connectivity index (χ2n) is 5.21. The number of nitrogens with one attached hydrogen (secondary N) is 1. The van der Waals surface area contributed by atoms with E-state index in [0.717, 1.165) is 6.42 Å². The van der Waals surface area contributed by atoms with Crippen molar-refractivity contribution in [1.29, 1.82) is 0 Å². The number of rotatable bonds is 5. The van der Waals surface area contributed by atoms with E-state index < -0.39 is 5.82 Å². The molecule has 2 aromatic heterocycles. The van der Waals surface area contributed by atoms with E-state index in [1.54, 1.807) is 31.3 Å². The van der Waals surface area contributed by atoms with Gasteiger partial charge in [-0.25, -0.2) is 9.37 Å². The average molecular weight is 327 g/mol. The number of aromatic nitrogens is 3. The van der Waals surface area contributed by atoms with Gasteiger partial charge in [0, 0.05) is 7.05 Å². The molecule has 24 heavy (non-hydrogen) atoms. The third-order valence-corrected chi connectivity index (χ3v) is 3.51. The Morgan fingerprint density at radius 3 is 2.75 bits per heavy atom. The van der Waals surface area contributed by atoms with E-state index in [-0.39, 0.29) is 5.95 Å². The molecule has 0 radical (unpaired) electrons. The van der Waals surface area contributed by atoms with Gasteiger partial charge in [-0.15, -0.1) is 0 Å². The molecule has 0 aliphatic rings. The van der Waals surface area contributed by atoms with Gasteiger partial charge in [-0.05, 0) is 30.7 Å². The Bertz CT molecular complexity index is 884. The third-order valence-electron chi connectivity index (χ3n) is 3.51. The highest BCUT2D eigenvalue weighted by Crippen LogP contribution is 2.33. The van der Waals surface area contributed by atoms with Crippen LogP contribution in [0.1, 0.15) is 13.3 Å². The van der Waals surface area contributed by atoms with Crippen LogP contribution in [-0.4, -0.2) is 28.6 Å². The Morgan fingerprint density at radius 1 is 1.17 bits per heavy atom. The van der Waals surface area contributed by atoms with Crippen LogP contribution in [0.4, 0.5) is 16.2 Å². The second kappa shape index (κ2) is 6.66. The molecule has 3 aromatic rings. The molecular formula is C17H18FN5O. The third kappa shape index (κ3) is 2.92. The molecule has 0 atom stereocenters. The second-order valence-corrected chi connectivity index (χ2v) is 5.21. The van der Waals surface area contributed by atoms with Crippen LogP contribution >= 0.6 is 0 Å². The number of nitrogen functional groups attached to an aromatic ring is 1. The van der Waals surface area contributed by atoms with Gasteiger partial charge in [0.15, 0.2) is 5.65 Å². The normalized spacial score (nSPS) is 10.8. The van der Waals surface area contributed by atoms with Crippen LogP contribution in [0.25, 0.3) is 22.3 Å². The summed E-state index contributed by atoms with van der Waals surface area (Å²) in [6.07, 6.45) is 0.830. The van der Waals surface area contributed by atoms with Crippen LogP contribution in [0.3, 0.4) is 0 Å². The first-order valence-corrected chi connectivity index (χ1v) is 7.67. The molecule has 0 saturated heterocycles. The van der Waals surface area contributed by atoms with Crippen LogP contribution in [-0.2, 0) is 0 Å². The van der Waals surface area contributed by atoms with Crippen molar-refractivity contribution in [3.05, 3.63) is 36.1 Å². The van der Waals surface area contributed by atoms with Crippen LogP contribution in [0.5, 0.6) is 5.75 Å². The highest BCUT2D eigenvalue weighted by Gasteiger charge is 2.15. The molecule has 1 aromatic carbocycles. The lowest BCUT2D eigenvalue weighted by Gasteiger charge is -2.12. The van der Waals surface area contributed by atoms with Crippen molar-refractivity contribution < 1.29 is 9.13 Å². The van der Waals surface area contributed by atoms with Gasteiger partial charge in [0.25, 0.3) is 0 Å². The molecule has 0 saturated carbocycles. The number of nitrogens with zero attached hydrogens (tertiary/aromatic N) is 3. The zero-order valence-corrected chi connectivity index (χ0v) is 13.5. The first-order valence-electron chi connectivity index (χ1n) is 7.67. The molecule has 3 rings (SSSR count). The van der Waals surface area contributed by atoms with Crippen molar-refractivity contribution in [2.24, 2.45) is 0 Å². The number of pyridine rings is 1. The van der Waals surface area contributed by atoms with Crippen molar-refractivity contribution in [2.45, 2.75) is 13.3 Å². The smallest absolute Gasteiger partial charge is 0.224 e. The molecule has 0 aliphatic heterocycles. The Hall–Kier alpha value is -2.96. The van der Waals surface area contributed by atoms with E-state index in [0.29, 0.717) is 40.5 Å². The summed E-state index contributed by atoms with van der Waals surface area (Å²) in [6, 6.07) is 8.24. The van der Waals surface area contributed by atoms with E-state index in [4.69, 9.17) is 10.5 Å². The summed E-state index contributed by atoms with van der Waals surface area (Å²) in [7, 11) is 1.74. The summed E-state index contributed by atoms with van der Waals surface area (Å²) >= 11 is 0. The molecule has 6 nitrogen and oxygen atoms in total. The molecule has 3 N–H and O–H groups in total. The van der Waals surface area contributed by atoms with E-state index >= 15 is 0 Å². The van der Waals surface area contributed by atoms with E-state index in [9.17, 15) is 4.39 Å². The van der Waals surface area contributed by atoms with Gasteiger partial charge >= 0.3 is 0 Å². The topological polar surface area (TPSA) is 86.0 Å². The predicted octanol–water partition coefficient (Wildman–Crippen LogP) is 3.24. The molecule has 2 heterocycles. The van der Waals surface area contributed by atoms with Gasteiger partial charge in [0.05, 0.1) is 23.3 Å². The number of benzene rings is 1. The quantitative estimate of drug-likeness (QED) is 0.748. The van der Waals surface area contributed by atoms with Gasteiger partial charge < -0.3 is 15.8 Å². The molecule has 0 spiro atoms. The van der Waals surface area contributed by atoms with Crippen molar-refractivity contribution in [1.82, 2.24) is 15.0 Å². The Kier molecular flexibility index (Phi) is 4.41. The van der Waals surface area contributed by atoms with Gasteiger partial charge in [0.2, 0.25) is 5.95 Å². The fraction of sp³-hybridized carbons (Fsp3) is 0.235. The van der Waals surface area contributed by atoms with Crippen molar-refractivity contribution in [3.63, 3.8) is 0 Å². The van der Waals surface area contributed by atoms with Gasteiger partial charge in [-0.3, -0.25) is 0 Å². The Labute approximate surface area is 138 Å². The lowest BCUT2D eigenvalue weighted by molar-refractivity contribution is 0.317. The average Bonchev–Trinajstić information content (AvgIpc) is 2.58. The number of nitrogens with two attached hydrogens (primary N) is 1. The first kappa shape index (κ1) is 15.9. The number of hydrogen-bond acceptors (Lipinski definition) is 6. The monoisotopic (exact) mass is 327 g/mol. The number of ether oxygens (including phenoxy) is 1. The largest absolute Gasteiger partial charge is 0.493 e. The van der Waals surface area contributed by atoms with Gasteiger partial charge in [-0.2, -0.15) is 9.97 Å². The molecular weight excluding hydrogens is 309 g/mol. The number of halogens is 1. The maximum absolute atomic E-state index is 14.4. The number of hydrogen-bond donors (Lipinski definition) is 2. The van der Waals surface area contributed by atoms with Crippen LogP contribution < -0.4 is 15.8 Å². The summed E-state index contributed by atoms with van der Waals surface area (Å²) in [5.74, 6) is 0.742. The Balaban J connectivity index is 2.17. The van der Waals surface area contributed by atoms with Crippen LogP contribution in [0.15, 0.2) is 30.3 Å². The SMILES string of the molecule is CCCOc1cccc(F)c1-c1ccc2c(NC)nc(N)nc2n1. The lowest BCUT2D eigenvalue weighted by atomic mass is 10.1. The molecule has 0 aliphatic carbocycles. The number of fused-ring (bicyclic) bond motifs is 1. The van der Waals surface area contributed by atoms with E-state index in [2.05, 4.69) is 20.3 Å². The Morgan fingerprint density at radius 2 is 2.00 bits per heavy atom. The minimum absolute atomic E-state index is 0.104. The highest BCUT2D eigenvalue weighted by atomic mass is 19.1. The fourth-order valence-corrected chi connectivity index (χ4v) is 2.44. The summed E-state index contributed by atoms with van der Waals surface area (Å²) in [6.45, 7) is 2.50. The molecule has 0 bridgehead atoms. The van der Waals surface area contributed by atoms with Gasteiger partial charge in [-0.1, -0.05) is 13.0 Å². The van der Waals surface area contributed by atoms with Crippen molar-refractivity contribution in [2.75, 3.05) is 24.7 Å². The standard InChI is InChI=1S/C17H18FN5O/c1-3-9-24-13-6-4-5-11(18)14(13)12-8-7-10-15(20-2)22-17(19)23-16(10)21-12/h4-8H,3,9H2,1-2H3,(H3,19,20,21,22,23). The lowest BCUT2D eigenvalue weighted by Crippen LogP contribution is -2.03. The summed E-state index contributed by atoms with van der Waals surface area (Å²) < 4.78 is 20.1. The van der Waals surface area contributed by atoms with Crippen molar-refractivity contribution >= 4 is 22.8 Å². The number of anilines is 2. The van der Waals surface area contributed by atoms with Crippen LogP contribution in [0.2, 0.25) is 0 Å². The molecule has 124 valence electrons. The first-order chi connectivity index (χ1) is 11.6. The zero-order chi connectivity index (χ0) is 17.1. The maximum atomic E-state index is 14.4. The summed E-state index contributed by atoms with van der Waals surface area (Å²) in [4.78, 5) is 12.7. The summed E-state index contributed by atoms with van der Waals surface area (Å²) in [5.41, 5.74) is 6.86. The molecule has 0 unspecified atom stereocenters. The maximum Gasteiger partial charge on any atom is 0.224 e. The van der Waals surface area contributed by atoms with E-state index in [1.807, 2.05) is 6.92 Å². The fourth-order valence-electron chi connectivity index (χ4n) is 2.44. The van der Waals surface area contributed by atoms with Crippen molar-refractivity contribution in [3.8, 4) is 17.0 Å². The highest BCUT2D eigenvalue weighted by molar-refractivity contribution is 5.89.